The summed E-state index contributed by atoms with van der Waals surface area (Å²) in [6, 6.07) is 4.83. The zero-order valence-electron chi connectivity index (χ0n) is 51.4. The van der Waals surface area contributed by atoms with Gasteiger partial charge in [0, 0.05) is 86.5 Å². The molecule has 0 radical (unpaired) electrons. The molecule has 9 rings (SSSR count). The highest BCUT2D eigenvalue weighted by atomic mass is 19.4. The molecule has 91 heavy (non-hydrogen) atoms. The summed E-state index contributed by atoms with van der Waals surface area (Å²) >= 11 is 0. The number of alkyl carbamates (subject to hydrolysis) is 2. The van der Waals surface area contributed by atoms with Crippen molar-refractivity contribution in [3.63, 3.8) is 0 Å². The van der Waals surface area contributed by atoms with Gasteiger partial charge in [-0.2, -0.15) is 40.2 Å². The molecule has 21 nitrogen and oxygen atoms in total. The van der Waals surface area contributed by atoms with Crippen LogP contribution in [0.4, 0.5) is 55.1 Å². The number of hydrogen-bond donors (Lipinski definition) is 4. The molecule has 7 heterocycles. The largest absolute Gasteiger partial charge is 0.459 e. The Morgan fingerprint density at radius 3 is 2.02 bits per heavy atom. The third-order valence-electron chi connectivity index (χ3n) is 17.9. The number of esters is 1. The SMILES string of the molecule is COC(=O)N[C@H](C(=O)N[C@@H](Cc1ccc(C#Cc2cnc(N3CC4CCC(C3)N4C3COC3)nc2)cc1)[C@H](CN1Cc2c(F)cc(-c3ccn(C(F)F)n3)cc2C(C)([C@@H](NC(=O)OC)C(C)(C)C(F)(F)F)N1)OC(=O)CCCN1CCOCC1)C(C)(C)C(F)(F)F. The number of ether oxygens (including phenoxy) is 5. The van der Waals surface area contributed by atoms with Crippen LogP contribution in [0.2, 0.25) is 0 Å². The Bertz CT molecular complexity index is 3270. The molecule has 4 N–H and O–H groups in total. The fourth-order valence-corrected chi connectivity index (χ4v) is 12.5. The van der Waals surface area contributed by atoms with Crippen molar-refractivity contribution in [2.45, 2.75) is 140 Å². The average molecular weight is 1290 g/mol. The Morgan fingerprint density at radius 2 is 1.44 bits per heavy atom. The molecule has 0 spiro atoms. The van der Waals surface area contributed by atoms with E-state index in [0.717, 1.165) is 85.5 Å². The molecular weight excluding hydrogens is 1220 g/mol. The maximum absolute atomic E-state index is 17.2. The molecule has 3 unspecified atom stereocenters. The van der Waals surface area contributed by atoms with Gasteiger partial charge >= 0.3 is 37.1 Å². The highest BCUT2D eigenvalue weighted by molar-refractivity contribution is 5.87. The lowest BCUT2D eigenvalue weighted by Gasteiger charge is -2.52. The number of alkyl halides is 8. The number of benzene rings is 2. The number of nitrogens with zero attached hydrogens (tertiary/aromatic N) is 8. The molecule has 3 amide bonds. The molecule has 4 saturated heterocycles. The van der Waals surface area contributed by atoms with Gasteiger partial charge in [0.1, 0.15) is 18.0 Å². The molecule has 2 aromatic heterocycles. The van der Waals surface area contributed by atoms with Gasteiger partial charge in [-0.15, -0.1) is 0 Å². The van der Waals surface area contributed by atoms with Gasteiger partial charge in [-0.3, -0.25) is 19.4 Å². The van der Waals surface area contributed by atoms with E-state index in [0.29, 0.717) is 87.5 Å². The molecule has 496 valence electrons. The number of anilines is 1. The second-order valence-electron chi connectivity index (χ2n) is 24.8. The van der Waals surface area contributed by atoms with Gasteiger partial charge in [0.25, 0.3) is 0 Å². The van der Waals surface area contributed by atoms with Gasteiger partial charge in [0.05, 0.1) is 92.9 Å². The van der Waals surface area contributed by atoms with Crippen molar-refractivity contribution < 1.29 is 82.4 Å². The molecule has 2 aromatic carbocycles. The monoisotopic (exact) mass is 1290 g/mol. The van der Waals surface area contributed by atoms with Crippen LogP contribution in [0.15, 0.2) is 61.1 Å². The van der Waals surface area contributed by atoms with Crippen molar-refractivity contribution in [1.29, 1.82) is 0 Å². The van der Waals surface area contributed by atoms with Crippen LogP contribution in [0, 0.1) is 28.5 Å². The van der Waals surface area contributed by atoms with E-state index < -0.39 is 102 Å². The minimum absolute atomic E-state index is 0.144. The van der Waals surface area contributed by atoms with Crippen molar-refractivity contribution in [2.75, 3.05) is 84.8 Å². The van der Waals surface area contributed by atoms with Gasteiger partial charge in [0.2, 0.25) is 11.9 Å². The van der Waals surface area contributed by atoms with Gasteiger partial charge in [-0.05, 0) is 108 Å². The van der Waals surface area contributed by atoms with Crippen molar-refractivity contribution in [3.8, 4) is 23.1 Å². The van der Waals surface area contributed by atoms with Crippen LogP contribution in [0.1, 0.15) is 94.7 Å². The average Bonchev–Trinajstić information content (AvgIpc) is 0.933. The molecular formula is C61H75F9N12O9. The Balaban J connectivity index is 1.08. The first-order valence-corrected chi connectivity index (χ1v) is 29.8. The van der Waals surface area contributed by atoms with Crippen LogP contribution in [0.25, 0.3) is 11.3 Å². The van der Waals surface area contributed by atoms with Crippen LogP contribution in [-0.2, 0) is 51.8 Å². The summed E-state index contributed by atoms with van der Waals surface area (Å²) in [5.41, 5.74) is -4.67. The van der Waals surface area contributed by atoms with Gasteiger partial charge in [-0.25, -0.2) is 39.1 Å². The summed E-state index contributed by atoms with van der Waals surface area (Å²) < 4.78 is 163. The number of hydrogen-bond acceptors (Lipinski definition) is 17. The fourth-order valence-electron chi connectivity index (χ4n) is 12.5. The maximum atomic E-state index is 17.2. The van der Waals surface area contributed by atoms with E-state index in [4.69, 9.17) is 18.9 Å². The minimum atomic E-state index is -5.15. The van der Waals surface area contributed by atoms with Crippen LogP contribution >= 0.6 is 0 Å². The summed E-state index contributed by atoms with van der Waals surface area (Å²) in [5.74, 6) is 3.34. The summed E-state index contributed by atoms with van der Waals surface area (Å²) in [4.78, 5) is 71.1. The van der Waals surface area contributed by atoms with Gasteiger partial charge in [0.15, 0.2) is 0 Å². The van der Waals surface area contributed by atoms with Gasteiger partial charge < -0.3 is 44.5 Å². The smallest absolute Gasteiger partial charge is 0.407 e. The van der Waals surface area contributed by atoms with Gasteiger partial charge in [-0.1, -0.05) is 24.0 Å². The Labute approximate surface area is 520 Å². The molecule has 7 atom stereocenters. The van der Waals surface area contributed by atoms with E-state index in [-0.39, 0.29) is 46.3 Å². The van der Waals surface area contributed by atoms with Crippen molar-refractivity contribution in [3.05, 3.63) is 94.7 Å². The lowest BCUT2D eigenvalue weighted by molar-refractivity contribution is -0.230. The third-order valence-corrected chi connectivity index (χ3v) is 17.9. The highest BCUT2D eigenvalue weighted by Gasteiger charge is 2.61. The van der Waals surface area contributed by atoms with E-state index in [1.807, 2.05) is 10.2 Å². The predicted molar refractivity (Wildman–Crippen MR) is 310 cm³/mol. The van der Waals surface area contributed by atoms with E-state index in [2.05, 4.69) is 57.5 Å². The van der Waals surface area contributed by atoms with E-state index >= 15 is 17.6 Å². The van der Waals surface area contributed by atoms with Crippen molar-refractivity contribution in [1.82, 2.24) is 55.9 Å². The lowest BCUT2D eigenvalue weighted by atomic mass is 9.68. The molecule has 5 aliphatic heterocycles. The molecule has 5 aliphatic rings. The third kappa shape index (κ3) is 15.5. The van der Waals surface area contributed by atoms with Crippen LogP contribution < -0.4 is 26.3 Å². The van der Waals surface area contributed by atoms with E-state index in [1.165, 1.54) is 18.0 Å². The van der Waals surface area contributed by atoms with Crippen LogP contribution in [-0.4, -0.2) is 193 Å². The topological polar surface area (TPSA) is 219 Å². The summed E-state index contributed by atoms with van der Waals surface area (Å²) in [6.07, 6.45) is -8.75. The van der Waals surface area contributed by atoms with Crippen molar-refractivity contribution in [2.24, 2.45) is 10.8 Å². The molecule has 4 fully saturated rings. The molecule has 2 bridgehead atoms. The molecule has 0 aliphatic carbocycles. The first-order valence-electron chi connectivity index (χ1n) is 29.8. The standard InChI is InChI=1S/C61H75F9N12O9/c1-57(2,60(65,66)67)50(74-55(85)87-6)51(84)73-47(25-37-13-10-36(11-14-37)12-15-38-28-71-54(72-29-38)79-30-40-16-17-41(31-79)82(40)42-34-90-35-42)48(91-49(83)9-8-19-78-21-23-89-24-22-78)33-80-32-43-44(26-39(27-45(43)62)46-18-20-81(76-46)53(63)64)59(5,77-80)52(75-56(86)88-7)58(3,4)61(68,69)70/h10-11,13-14,18,20,26-29,40-42,47-48,50,52-53,77H,8-9,16-17,19,21-25,30-35H2,1-7H3,(H,73,84)(H,74,85)(H,75,86)/t40?,41?,47-,48-,50+,52-,59?/m0/s1. The Hall–Kier alpha value is -7.30. The Kier molecular flexibility index (Phi) is 20.9. The summed E-state index contributed by atoms with van der Waals surface area (Å²) in [5, 5.41) is 11.9. The number of rotatable bonds is 21. The normalized spacial score (nSPS) is 21.5. The second-order valence-corrected chi connectivity index (χ2v) is 24.8. The highest BCUT2D eigenvalue weighted by Crippen LogP contribution is 2.49. The summed E-state index contributed by atoms with van der Waals surface area (Å²) in [6.45, 7) is 5.26. The fraction of sp³-hybridized carbons (Fsp3) is 0.590. The number of nitrogens with one attached hydrogen (secondary N) is 4. The number of amides is 3. The lowest BCUT2D eigenvalue weighted by Crippen LogP contribution is -2.70. The number of carbonyl (C=O) groups is 4. The summed E-state index contributed by atoms with van der Waals surface area (Å²) in [7, 11) is 1.78. The maximum Gasteiger partial charge on any atom is 0.407 e. The number of carbonyl (C=O) groups excluding carboxylic acids is 4. The number of methoxy groups -OCH3 is 2. The number of halogens is 9. The second kappa shape index (κ2) is 27.9. The number of piperazine rings is 1. The number of fused-ring (bicyclic) bond motifs is 3. The van der Waals surface area contributed by atoms with Crippen LogP contribution in [0.3, 0.4) is 0 Å². The Morgan fingerprint density at radius 1 is 0.813 bits per heavy atom. The number of hydrazine groups is 1. The first-order chi connectivity index (χ1) is 43.0. The van der Waals surface area contributed by atoms with Crippen LogP contribution in [0.5, 0.6) is 0 Å². The zero-order chi connectivity index (χ0) is 65.8. The molecule has 30 heteroatoms. The minimum Gasteiger partial charge on any atom is -0.459 e. The number of morpholine rings is 1. The quantitative estimate of drug-likeness (QED) is 0.0280. The molecule has 0 saturated carbocycles. The van der Waals surface area contributed by atoms with E-state index in [9.17, 15) is 41.1 Å². The zero-order valence-corrected chi connectivity index (χ0v) is 51.4. The van der Waals surface area contributed by atoms with Crippen molar-refractivity contribution >= 4 is 30.0 Å². The molecule has 4 aromatic rings. The van der Waals surface area contributed by atoms with E-state index in [1.54, 1.807) is 36.7 Å². The first kappa shape index (κ1) is 68.1. The number of aromatic nitrogens is 4. The predicted octanol–water partition coefficient (Wildman–Crippen LogP) is 7.24.